The smallest absolute Gasteiger partial charge is 0.339 e. The van der Waals surface area contributed by atoms with E-state index in [0.717, 1.165) is 30.4 Å². The number of unbranched alkanes of at least 4 members (excludes halogenated alkanes) is 2. The number of phenols is 1. The number of carbonyl (C=O) groups is 1. The van der Waals surface area contributed by atoms with E-state index >= 15 is 0 Å². The Morgan fingerprint density at radius 1 is 0.957 bits per heavy atom. The van der Waals surface area contributed by atoms with Crippen LogP contribution in [-0.4, -0.2) is 22.8 Å². The first-order chi connectivity index (χ1) is 11.0. The maximum Gasteiger partial charge on any atom is 0.339 e. The molecule has 0 aromatic heterocycles. The summed E-state index contributed by atoms with van der Waals surface area (Å²) < 4.78 is 0. The van der Waals surface area contributed by atoms with Crippen molar-refractivity contribution < 1.29 is 24.8 Å². The van der Waals surface area contributed by atoms with Gasteiger partial charge in [-0.15, -0.1) is 0 Å². The first kappa shape index (κ1) is 19.3. The van der Waals surface area contributed by atoms with Crippen LogP contribution in [0.4, 0.5) is 0 Å². The number of hydrogen-bond donors (Lipinski definition) is 2. The number of carboxylic acid groups (broad SMARTS) is 1. The Labute approximate surface area is 138 Å². The van der Waals surface area contributed by atoms with Gasteiger partial charge in [-0.2, -0.15) is 4.89 Å². The normalized spacial score (nSPS) is 10.8. The van der Waals surface area contributed by atoms with E-state index in [4.69, 9.17) is 9.78 Å². The quantitative estimate of drug-likeness (QED) is 0.382. The molecule has 0 fully saturated rings. The first-order valence-corrected chi connectivity index (χ1v) is 8.45. The minimum atomic E-state index is -1.15. The van der Waals surface area contributed by atoms with Crippen molar-refractivity contribution in [1.29, 1.82) is 0 Å². The van der Waals surface area contributed by atoms with E-state index in [1.807, 2.05) is 20.8 Å². The molecule has 0 aliphatic rings. The van der Waals surface area contributed by atoms with Gasteiger partial charge in [-0.1, -0.05) is 40.5 Å². The summed E-state index contributed by atoms with van der Waals surface area (Å²) in [6, 6.07) is 0. The topological polar surface area (TPSA) is 76.0 Å². The van der Waals surface area contributed by atoms with E-state index in [2.05, 4.69) is 6.92 Å². The van der Waals surface area contributed by atoms with E-state index in [0.29, 0.717) is 31.4 Å². The minimum Gasteiger partial charge on any atom is -0.504 e. The van der Waals surface area contributed by atoms with Crippen LogP contribution >= 0.6 is 0 Å². The number of aromatic hydroxyl groups is 1. The van der Waals surface area contributed by atoms with Crippen LogP contribution in [0, 0.1) is 0 Å². The summed E-state index contributed by atoms with van der Waals surface area (Å²) in [5, 5.41) is 19.9. The van der Waals surface area contributed by atoms with Crippen LogP contribution in [0.25, 0.3) is 0 Å². The highest BCUT2D eigenvalue weighted by Gasteiger charge is 2.26. The van der Waals surface area contributed by atoms with E-state index < -0.39 is 5.97 Å². The third-order valence-electron chi connectivity index (χ3n) is 4.00. The van der Waals surface area contributed by atoms with E-state index in [-0.39, 0.29) is 17.1 Å². The molecule has 1 aromatic rings. The molecule has 0 amide bonds. The summed E-state index contributed by atoms with van der Waals surface area (Å²) in [5.74, 6) is -1.33. The van der Waals surface area contributed by atoms with Gasteiger partial charge in [0.05, 0.1) is 6.61 Å². The molecule has 0 saturated carbocycles. The molecule has 0 saturated heterocycles. The highest BCUT2D eigenvalue weighted by atomic mass is 17.2. The summed E-state index contributed by atoms with van der Waals surface area (Å²) >= 11 is 0. The van der Waals surface area contributed by atoms with Gasteiger partial charge in [-0.3, -0.25) is 0 Å². The lowest BCUT2D eigenvalue weighted by molar-refractivity contribution is -0.208. The average molecular weight is 324 g/mol. The second kappa shape index (κ2) is 9.40. The van der Waals surface area contributed by atoms with E-state index in [1.165, 1.54) is 0 Å². The van der Waals surface area contributed by atoms with Crippen LogP contribution in [0.5, 0.6) is 11.5 Å². The lowest BCUT2D eigenvalue weighted by Gasteiger charge is -2.20. The Balaban J connectivity index is 3.26. The number of aromatic carboxylic acids is 1. The highest BCUT2D eigenvalue weighted by molar-refractivity contribution is 5.94. The second-order valence-corrected chi connectivity index (χ2v) is 5.47. The molecule has 5 nitrogen and oxygen atoms in total. The highest BCUT2D eigenvalue weighted by Crippen LogP contribution is 2.40. The third-order valence-corrected chi connectivity index (χ3v) is 4.00. The van der Waals surface area contributed by atoms with Gasteiger partial charge in [0, 0.05) is 5.56 Å². The van der Waals surface area contributed by atoms with Gasteiger partial charge >= 0.3 is 5.97 Å². The molecule has 1 rings (SSSR count). The fourth-order valence-corrected chi connectivity index (χ4v) is 2.89. The third kappa shape index (κ3) is 4.38. The molecule has 23 heavy (non-hydrogen) atoms. The minimum absolute atomic E-state index is 0.0753. The molecule has 0 aliphatic heterocycles. The maximum absolute atomic E-state index is 11.6. The number of rotatable bonds is 10. The molecule has 2 N–H and O–H groups in total. The predicted molar refractivity (Wildman–Crippen MR) is 89.3 cm³/mol. The van der Waals surface area contributed by atoms with Crippen molar-refractivity contribution in [1.82, 2.24) is 0 Å². The van der Waals surface area contributed by atoms with Gasteiger partial charge in [-0.25, -0.2) is 4.79 Å². The Morgan fingerprint density at radius 2 is 1.57 bits per heavy atom. The standard InChI is InChI=1S/C18H28O5/c1-5-9-10-11-22-23-17-14(8-4)12(6-2)13(7-3)15(16(17)19)18(20)21/h19H,5-11H2,1-4H3,(H,20,21). The Morgan fingerprint density at radius 3 is 2.04 bits per heavy atom. The van der Waals surface area contributed by atoms with Crippen molar-refractivity contribution in [3.8, 4) is 11.5 Å². The van der Waals surface area contributed by atoms with Crippen molar-refractivity contribution in [2.24, 2.45) is 0 Å². The van der Waals surface area contributed by atoms with Crippen molar-refractivity contribution in [2.75, 3.05) is 6.61 Å². The summed E-state index contributed by atoms with van der Waals surface area (Å²) in [4.78, 5) is 22.1. The summed E-state index contributed by atoms with van der Waals surface area (Å²) in [6.45, 7) is 8.33. The molecular formula is C18H28O5. The molecule has 0 radical (unpaired) electrons. The number of benzene rings is 1. The Hall–Kier alpha value is -1.75. The van der Waals surface area contributed by atoms with Crippen molar-refractivity contribution >= 4 is 5.97 Å². The van der Waals surface area contributed by atoms with Gasteiger partial charge in [-0.05, 0) is 36.8 Å². The predicted octanol–water partition coefficient (Wildman–Crippen LogP) is 4.28. The van der Waals surface area contributed by atoms with Crippen LogP contribution in [0.3, 0.4) is 0 Å². The molecule has 0 spiro atoms. The summed E-state index contributed by atoms with van der Waals surface area (Å²) in [6.07, 6.45) is 4.83. The first-order valence-electron chi connectivity index (χ1n) is 8.45. The molecule has 0 atom stereocenters. The summed E-state index contributed by atoms with van der Waals surface area (Å²) in [7, 11) is 0. The SMILES string of the molecule is CCCCCOOc1c(O)c(C(=O)O)c(CC)c(CC)c1CC. The Kier molecular flexibility index (Phi) is 7.89. The molecule has 130 valence electrons. The zero-order valence-corrected chi connectivity index (χ0v) is 14.6. The van der Waals surface area contributed by atoms with Crippen LogP contribution in [0.15, 0.2) is 0 Å². The average Bonchev–Trinajstić information content (AvgIpc) is 2.54. The zero-order chi connectivity index (χ0) is 17.4. The van der Waals surface area contributed by atoms with Crippen molar-refractivity contribution in [3.63, 3.8) is 0 Å². The monoisotopic (exact) mass is 324 g/mol. The lowest BCUT2D eigenvalue weighted by atomic mass is 9.89. The zero-order valence-electron chi connectivity index (χ0n) is 14.6. The van der Waals surface area contributed by atoms with E-state index in [1.54, 1.807) is 0 Å². The fourth-order valence-electron chi connectivity index (χ4n) is 2.89. The lowest BCUT2D eigenvalue weighted by Crippen LogP contribution is -2.12. The van der Waals surface area contributed by atoms with Gasteiger partial charge < -0.3 is 15.1 Å². The van der Waals surface area contributed by atoms with Crippen molar-refractivity contribution in [3.05, 3.63) is 22.3 Å². The van der Waals surface area contributed by atoms with Crippen molar-refractivity contribution in [2.45, 2.75) is 66.2 Å². The molecule has 1 aromatic carbocycles. The van der Waals surface area contributed by atoms with Crippen LogP contribution in [0.2, 0.25) is 0 Å². The largest absolute Gasteiger partial charge is 0.504 e. The van der Waals surface area contributed by atoms with Gasteiger partial charge in [0.15, 0.2) is 5.75 Å². The summed E-state index contributed by atoms with van der Waals surface area (Å²) in [5.41, 5.74) is 2.35. The molecule has 0 heterocycles. The van der Waals surface area contributed by atoms with Crippen LogP contribution < -0.4 is 4.89 Å². The second-order valence-electron chi connectivity index (χ2n) is 5.47. The fraction of sp³-hybridized carbons (Fsp3) is 0.611. The molecule has 0 unspecified atom stereocenters. The molecular weight excluding hydrogens is 296 g/mol. The molecule has 0 aliphatic carbocycles. The van der Waals surface area contributed by atoms with Gasteiger partial charge in [0.25, 0.3) is 0 Å². The van der Waals surface area contributed by atoms with E-state index in [9.17, 15) is 15.0 Å². The molecule has 5 heteroatoms. The van der Waals surface area contributed by atoms with Gasteiger partial charge in [0.1, 0.15) is 5.56 Å². The number of hydrogen-bond acceptors (Lipinski definition) is 4. The maximum atomic E-state index is 11.6. The molecule has 0 bridgehead atoms. The number of carboxylic acids is 1. The Bertz CT molecular complexity index is 537. The van der Waals surface area contributed by atoms with Crippen LogP contribution in [-0.2, 0) is 24.2 Å². The van der Waals surface area contributed by atoms with Gasteiger partial charge in [0.2, 0.25) is 5.75 Å². The van der Waals surface area contributed by atoms with Crippen LogP contribution in [0.1, 0.15) is 74.0 Å².